The predicted molar refractivity (Wildman–Crippen MR) is 86.5 cm³/mol. The minimum Gasteiger partial charge on any atom is -0.375 e. The molecule has 0 saturated carbocycles. The lowest BCUT2D eigenvalue weighted by Gasteiger charge is -2.19. The van der Waals surface area contributed by atoms with Crippen molar-refractivity contribution in [3.63, 3.8) is 0 Å². The van der Waals surface area contributed by atoms with Gasteiger partial charge in [0.15, 0.2) is 0 Å². The second kappa shape index (κ2) is 7.30. The van der Waals surface area contributed by atoms with Gasteiger partial charge in [0.05, 0.1) is 5.56 Å². The molecule has 2 aromatic rings. The Kier molecular flexibility index (Phi) is 5.16. The molecule has 1 N–H and O–H groups in total. The van der Waals surface area contributed by atoms with E-state index in [-0.39, 0.29) is 0 Å². The van der Waals surface area contributed by atoms with Gasteiger partial charge in [-0.2, -0.15) is 5.26 Å². The summed E-state index contributed by atoms with van der Waals surface area (Å²) in [5, 5.41) is 12.3. The summed E-state index contributed by atoms with van der Waals surface area (Å²) in [4.78, 5) is 6.59. The lowest BCUT2D eigenvalue weighted by Crippen LogP contribution is -2.21. The van der Waals surface area contributed by atoms with E-state index in [9.17, 15) is 0 Å². The summed E-state index contributed by atoms with van der Waals surface area (Å²) >= 11 is 0. The number of nitrogens with zero attached hydrogens (tertiary/aromatic N) is 3. The number of para-hydroxylation sites is 1. The number of pyridine rings is 1. The zero-order valence-electron chi connectivity index (χ0n) is 12.5. The van der Waals surface area contributed by atoms with E-state index >= 15 is 0 Å². The molecule has 1 heterocycles. The molecule has 0 aliphatic rings. The molecule has 0 fully saturated rings. The molecule has 0 bridgehead atoms. The molecule has 4 nitrogen and oxygen atoms in total. The smallest absolute Gasteiger partial charge is 0.144 e. The Balaban J connectivity index is 1.83. The van der Waals surface area contributed by atoms with Gasteiger partial charge in [0.25, 0.3) is 0 Å². The molecule has 0 saturated heterocycles. The lowest BCUT2D eigenvalue weighted by molar-refractivity contribution is 0.813. The van der Waals surface area contributed by atoms with Crippen LogP contribution in [0.3, 0.4) is 0 Å². The summed E-state index contributed by atoms with van der Waals surface area (Å²) in [5.74, 6) is 0.680. The van der Waals surface area contributed by atoms with Crippen LogP contribution < -0.4 is 10.2 Å². The summed E-state index contributed by atoms with van der Waals surface area (Å²) < 4.78 is 0. The van der Waals surface area contributed by atoms with Crippen molar-refractivity contribution in [2.24, 2.45) is 0 Å². The van der Waals surface area contributed by atoms with Gasteiger partial charge in [-0.1, -0.05) is 18.2 Å². The van der Waals surface area contributed by atoms with Crippen molar-refractivity contribution in [3.05, 3.63) is 53.7 Å². The highest BCUT2D eigenvalue weighted by Crippen LogP contribution is 2.13. The first-order valence-electron chi connectivity index (χ1n) is 7.08. The molecule has 1 aromatic carbocycles. The third-order valence-corrected chi connectivity index (χ3v) is 3.31. The molecule has 0 aliphatic heterocycles. The number of aryl methyl sites for hydroxylation is 1. The van der Waals surface area contributed by atoms with Crippen molar-refractivity contribution >= 4 is 11.5 Å². The molecular formula is C17H20N4. The highest BCUT2D eigenvalue weighted by molar-refractivity contribution is 5.52. The van der Waals surface area contributed by atoms with Crippen molar-refractivity contribution in [1.29, 1.82) is 5.26 Å². The van der Waals surface area contributed by atoms with Crippen LogP contribution in [0.1, 0.15) is 17.7 Å². The number of hydrogen-bond acceptors (Lipinski definition) is 4. The van der Waals surface area contributed by atoms with E-state index in [0.717, 1.165) is 25.2 Å². The van der Waals surface area contributed by atoms with Crippen molar-refractivity contribution < 1.29 is 0 Å². The Bertz CT molecular complexity index is 616. The molecule has 0 amide bonds. The van der Waals surface area contributed by atoms with Crippen LogP contribution in [0.2, 0.25) is 0 Å². The highest BCUT2D eigenvalue weighted by atomic mass is 15.1. The third-order valence-electron chi connectivity index (χ3n) is 3.31. The number of rotatable bonds is 6. The normalized spacial score (nSPS) is 9.95. The molecular weight excluding hydrogens is 260 g/mol. The fraction of sp³-hybridized carbons (Fsp3) is 0.294. The first-order chi connectivity index (χ1) is 10.2. The first kappa shape index (κ1) is 14.9. The van der Waals surface area contributed by atoms with Crippen LogP contribution in [0.5, 0.6) is 0 Å². The van der Waals surface area contributed by atoms with Crippen LogP contribution >= 0.6 is 0 Å². The van der Waals surface area contributed by atoms with Gasteiger partial charge in [0.1, 0.15) is 11.9 Å². The maximum absolute atomic E-state index is 9.06. The Morgan fingerprint density at radius 3 is 2.67 bits per heavy atom. The number of aromatic nitrogens is 1. The second-order valence-electron chi connectivity index (χ2n) is 5.00. The van der Waals surface area contributed by atoms with E-state index < -0.39 is 0 Å². The number of anilines is 2. The Morgan fingerprint density at radius 2 is 1.95 bits per heavy atom. The summed E-state index contributed by atoms with van der Waals surface area (Å²) in [6.07, 6.45) is 0.978. The Labute approximate surface area is 126 Å². The highest BCUT2D eigenvalue weighted by Gasteiger charge is 2.04. The predicted octanol–water partition coefficient (Wildman–Crippen LogP) is 3.20. The molecule has 108 valence electrons. The average molecular weight is 280 g/mol. The van der Waals surface area contributed by atoms with Gasteiger partial charge in [-0.3, -0.25) is 0 Å². The Morgan fingerprint density at radius 1 is 1.19 bits per heavy atom. The standard InChI is InChI=1S/C17H20N4/c1-14-9-10-15(13-18)17(20-14)19-11-6-12-21(2)16-7-4-3-5-8-16/h3-5,7-10H,6,11-12H2,1-2H3,(H,19,20). The zero-order valence-corrected chi connectivity index (χ0v) is 12.5. The van der Waals surface area contributed by atoms with Gasteiger partial charge in [0, 0.05) is 31.5 Å². The maximum Gasteiger partial charge on any atom is 0.144 e. The van der Waals surface area contributed by atoms with E-state index in [2.05, 4.69) is 40.5 Å². The van der Waals surface area contributed by atoms with Gasteiger partial charge < -0.3 is 10.2 Å². The van der Waals surface area contributed by atoms with Crippen molar-refractivity contribution in [2.75, 3.05) is 30.4 Å². The lowest BCUT2D eigenvalue weighted by atomic mass is 10.2. The molecule has 1 aromatic heterocycles. The number of hydrogen-bond donors (Lipinski definition) is 1. The van der Waals surface area contributed by atoms with E-state index in [1.165, 1.54) is 5.69 Å². The molecule has 0 atom stereocenters. The summed E-state index contributed by atoms with van der Waals surface area (Å²) in [6, 6.07) is 16.1. The van der Waals surface area contributed by atoms with Gasteiger partial charge in [-0.25, -0.2) is 4.98 Å². The topological polar surface area (TPSA) is 52.0 Å². The molecule has 2 rings (SSSR count). The molecule has 0 spiro atoms. The molecule has 0 radical (unpaired) electrons. The van der Waals surface area contributed by atoms with E-state index in [1.807, 2.05) is 31.2 Å². The van der Waals surface area contributed by atoms with Crippen LogP contribution in [-0.2, 0) is 0 Å². The molecule has 4 heteroatoms. The van der Waals surface area contributed by atoms with Crippen molar-refractivity contribution in [1.82, 2.24) is 4.98 Å². The molecule has 0 aliphatic carbocycles. The minimum atomic E-state index is 0.594. The SMILES string of the molecule is Cc1ccc(C#N)c(NCCCN(C)c2ccccc2)n1. The van der Waals surface area contributed by atoms with Gasteiger partial charge >= 0.3 is 0 Å². The number of nitrogens with one attached hydrogen (secondary N) is 1. The van der Waals surface area contributed by atoms with Crippen LogP contribution in [0, 0.1) is 18.3 Å². The average Bonchev–Trinajstić information content (AvgIpc) is 2.52. The van der Waals surface area contributed by atoms with Crippen LogP contribution in [0.15, 0.2) is 42.5 Å². The zero-order chi connectivity index (χ0) is 15.1. The fourth-order valence-electron chi connectivity index (χ4n) is 2.12. The monoisotopic (exact) mass is 280 g/mol. The van der Waals surface area contributed by atoms with Crippen LogP contribution in [0.25, 0.3) is 0 Å². The minimum absolute atomic E-state index is 0.594. The first-order valence-corrected chi connectivity index (χ1v) is 7.08. The van der Waals surface area contributed by atoms with Gasteiger partial charge in [-0.15, -0.1) is 0 Å². The number of benzene rings is 1. The van der Waals surface area contributed by atoms with E-state index in [0.29, 0.717) is 11.4 Å². The van der Waals surface area contributed by atoms with Crippen molar-refractivity contribution in [2.45, 2.75) is 13.3 Å². The van der Waals surface area contributed by atoms with E-state index in [1.54, 1.807) is 6.07 Å². The maximum atomic E-state index is 9.06. The number of nitriles is 1. The second-order valence-corrected chi connectivity index (χ2v) is 5.00. The summed E-state index contributed by atoms with van der Waals surface area (Å²) in [6.45, 7) is 3.67. The van der Waals surface area contributed by atoms with Crippen LogP contribution in [-0.4, -0.2) is 25.1 Å². The van der Waals surface area contributed by atoms with Crippen molar-refractivity contribution in [3.8, 4) is 6.07 Å². The van der Waals surface area contributed by atoms with Crippen LogP contribution in [0.4, 0.5) is 11.5 Å². The molecule has 21 heavy (non-hydrogen) atoms. The summed E-state index contributed by atoms with van der Waals surface area (Å²) in [7, 11) is 2.08. The third kappa shape index (κ3) is 4.22. The van der Waals surface area contributed by atoms with Gasteiger partial charge in [-0.05, 0) is 37.6 Å². The summed E-state index contributed by atoms with van der Waals surface area (Å²) in [5.41, 5.74) is 2.72. The van der Waals surface area contributed by atoms with Gasteiger partial charge in [0.2, 0.25) is 0 Å². The van der Waals surface area contributed by atoms with E-state index in [4.69, 9.17) is 5.26 Å². The quantitative estimate of drug-likeness (QED) is 0.826. The molecule has 0 unspecified atom stereocenters. The Hall–Kier alpha value is -2.54. The largest absolute Gasteiger partial charge is 0.375 e. The fourth-order valence-corrected chi connectivity index (χ4v) is 2.12.